The quantitative estimate of drug-likeness (QED) is 0.857. The Morgan fingerprint density at radius 2 is 2.38 bits per heavy atom. The number of imidazole rings is 1. The van der Waals surface area contributed by atoms with Gasteiger partial charge in [0.25, 0.3) is 0 Å². The van der Waals surface area contributed by atoms with Gasteiger partial charge in [-0.15, -0.1) is 11.3 Å². The normalized spacial score (nSPS) is 18.1. The van der Waals surface area contributed by atoms with E-state index >= 15 is 0 Å². The smallest absolute Gasteiger partial charge is 0.193 e. The molecule has 2 aromatic rings. The van der Waals surface area contributed by atoms with Crippen LogP contribution in [0.15, 0.2) is 17.8 Å². The van der Waals surface area contributed by atoms with Gasteiger partial charge in [0.15, 0.2) is 4.96 Å². The van der Waals surface area contributed by atoms with Crippen LogP contribution in [0.25, 0.3) is 4.96 Å². The second kappa shape index (κ2) is 4.16. The summed E-state index contributed by atoms with van der Waals surface area (Å²) >= 11 is 1.70. The number of thiazole rings is 1. The number of aliphatic hydroxyl groups excluding tert-OH is 1. The Kier molecular flexibility index (Phi) is 2.67. The largest absolute Gasteiger partial charge is 0.396 e. The third-order valence-corrected chi connectivity index (χ3v) is 4.09. The molecule has 0 amide bonds. The Bertz CT molecular complexity index is 472. The summed E-state index contributed by atoms with van der Waals surface area (Å²) in [4.78, 5) is 7.73. The zero-order valence-electron chi connectivity index (χ0n) is 9.04. The third-order valence-electron chi connectivity index (χ3n) is 3.19. The molecule has 2 aromatic heterocycles. The monoisotopic (exact) mass is 237 g/mol. The van der Waals surface area contributed by atoms with E-state index in [2.05, 4.69) is 19.7 Å². The van der Waals surface area contributed by atoms with E-state index in [0.29, 0.717) is 12.5 Å². The summed E-state index contributed by atoms with van der Waals surface area (Å²) in [5, 5.41) is 11.1. The first-order valence-corrected chi connectivity index (χ1v) is 6.47. The summed E-state index contributed by atoms with van der Waals surface area (Å²) in [5.74, 6) is 0.510. The molecule has 0 aliphatic carbocycles. The van der Waals surface area contributed by atoms with E-state index < -0.39 is 0 Å². The lowest BCUT2D eigenvalue weighted by Gasteiger charge is -2.38. The van der Waals surface area contributed by atoms with Gasteiger partial charge in [-0.2, -0.15) is 0 Å². The topological polar surface area (TPSA) is 40.8 Å². The molecule has 0 unspecified atom stereocenters. The molecule has 1 fully saturated rings. The van der Waals surface area contributed by atoms with Crippen LogP contribution in [0.4, 0.5) is 0 Å². The Labute approximate surface area is 98.1 Å². The minimum Gasteiger partial charge on any atom is -0.396 e. The number of aliphatic hydroxyl groups is 1. The standard InChI is InChI=1S/C11H15N3OS/c15-7-9-5-13(6-9)3-1-10-8-16-11-12-2-4-14(10)11/h2,4,8-9,15H,1,3,5-7H2. The maximum absolute atomic E-state index is 8.93. The van der Waals surface area contributed by atoms with Crippen LogP contribution in [0.2, 0.25) is 0 Å². The van der Waals surface area contributed by atoms with Gasteiger partial charge in [0.2, 0.25) is 0 Å². The van der Waals surface area contributed by atoms with Crippen LogP contribution in [0.1, 0.15) is 5.69 Å². The van der Waals surface area contributed by atoms with Crippen LogP contribution < -0.4 is 0 Å². The molecule has 4 nitrogen and oxygen atoms in total. The highest BCUT2D eigenvalue weighted by molar-refractivity contribution is 7.15. The SMILES string of the molecule is OCC1CN(CCc2csc3nccn23)C1. The van der Waals surface area contributed by atoms with Gasteiger partial charge >= 0.3 is 0 Å². The Balaban J connectivity index is 1.58. The van der Waals surface area contributed by atoms with Crippen molar-refractivity contribution < 1.29 is 5.11 Å². The van der Waals surface area contributed by atoms with Gasteiger partial charge in [0.05, 0.1) is 0 Å². The lowest BCUT2D eigenvalue weighted by Crippen LogP contribution is -2.48. The molecular weight excluding hydrogens is 222 g/mol. The molecule has 86 valence electrons. The highest BCUT2D eigenvalue weighted by atomic mass is 32.1. The summed E-state index contributed by atoms with van der Waals surface area (Å²) in [6.45, 7) is 3.52. The van der Waals surface area contributed by atoms with Gasteiger partial charge in [-0.1, -0.05) is 0 Å². The lowest BCUT2D eigenvalue weighted by atomic mass is 10.0. The van der Waals surface area contributed by atoms with Gasteiger partial charge in [-0.25, -0.2) is 4.98 Å². The van der Waals surface area contributed by atoms with Crippen molar-refractivity contribution in [2.45, 2.75) is 6.42 Å². The highest BCUT2D eigenvalue weighted by Crippen LogP contribution is 2.18. The molecule has 0 saturated carbocycles. The van der Waals surface area contributed by atoms with E-state index in [1.807, 2.05) is 12.4 Å². The van der Waals surface area contributed by atoms with Gasteiger partial charge in [-0.3, -0.25) is 4.40 Å². The highest BCUT2D eigenvalue weighted by Gasteiger charge is 2.25. The minimum atomic E-state index is 0.334. The van der Waals surface area contributed by atoms with Crippen molar-refractivity contribution in [2.75, 3.05) is 26.2 Å². The lowest BCUT2D eigenvalue weighted by molar-refractivity contribution is 0.0549. The van der Waals surface area contributed by atoms with E-state index in [9.17, 15) is 0 Å². The molecule has 1 saturated heterocycles. The summed E-state index contributed by atoms with van der Waals surface area (Å²) < 4.78 is 2.16. The molecule has 0 aromatic carbocycles. The van der Waals surface area contributed by atoms with E-state index in [1.165, 1.54) is 5.69 Å². The van der Waals surface area contributed by atoms with Crippen LogP contribution in [0.3, 0.4) is 0 Å². The van der Waals surface area contributed by atoms with Crippen molar-refractivity contribution in [3.63, 3.8) is 0 Å². The number of likely N-dealkylation sites (tertiary alicyclic amines) is 1. The predicted octanol–water partition coefficient (Wildman–Crippen LogP) is 0.862. The van der Waals surface area contributed by atoms with Crippen molar-refractivity contribution in [2.24, 2.45) is 5.92 Å². The summed E-state index contributed by atoms with van der Waals surface area (Å²) in [6, 6.07) is 0. The molecule has 16 heavy (non-hydrogen) atoms. The van der Waals surface area contributed by atoms with Crippen LogP contribution in [0, 0.1) is 5.92 Å². The molecule has 0 spiro atoms. The van der Waals surface area contributed by atoms with Crippen LogP contribution in [-0.2, 0) is 6.42 Å². The Morgan fingerprint density at radius 1 is 1.50 bits per heavy atom. The van der Waals surface area contributed by atoms with E-state index in [1.54, 1.807) is 11.3 Å². The van der Waals surface area contributed by atoms with Crippen molar-refractivity contribution >= 4 is 16.3 Å². The van der Waals surface area contributed by atoms with Crippen molar-refractivity contribution in [1.29, 1.82) is 0 Å². The molecule has 1 N–H and O–H groups in total. The first-order chi connectivity index (χ1) is 7.86. The molecule has 5 heteroatoms. The first kappa shape index (κ1) is 10.3. The van der Waals surface area contributed by atoms with Crippen molar-refractivity contribution in [1.82, 2.24) is 14.3 Å². The fraction of sp³-hybridized carbons (Fsp3) is 0.545. The maximum atomic E-state index is 8.93. The average Bonchev–Trinajstić information content (AvgIpc) is 2.79. The Hall–Kier alpha value is -0.910. The fourth-order valence-corrected chi connectivity index (χ4v) is 3.09. The first-order valence-electron chi connectivity index (χ1n) is 5.59. The molecule has 3 rings (SSSR count). The zero-order chi connectivity index (χ0) is 11.0. The van der Waals surface area contributed by atoms with Gasteiger partial charge in [0.1, 0.15) is 0 Å². The van der Waals surface area contributed by atoms with Gasteiger partial charge in [-0.05, 0) is 0 Å². The van der Waals surface area contributed by atoms with E-state index in [-0.39, 0.29) is 0 Å². The summed E-state index contributed by atoms with van der Waals surface area (Å²) in [6.07, 6.45) is 4.93. The van der Waals surface area contributed by atoms with Gasteiger partial charge in [0, 0.05) is 62.0 Å². The predicted molar refractivity (Wildman–Crippen MR) is 63.8 cm³/mol. The fourth-order valence-electron chi connectivity index (χ4n) is 2.20. The molecule has 3 heterocycles. The molecule has 0 radical (unpaired) electrons. The van der Waals surface area contributed by atoms with E-state index in [4.69, 9.17) is 5.11 Å². The Morgan fingerprint density at radius 3 is 3.19 bits per heavy atom. The van der Waals surface area contributed by atoms with Crippen molar-refractivity contribution in [3.05, 3.63) is 23.5 Å². The molecule has 1 aliphatic rings. The molecule has 1 aliphatic heterocycles. The second-order valence-corrected chi connectivity index (χ2v) is 5.20. The molecule has 0 bridgehead atoms. The second-order valence-electron chi connectivity index (χ2n) is 4.37. The van der Waals surface area contributed by atoms with Crippen LogP contribution in [-0.4, -0.2) is 45.6 Å². The number of hydrogen-bond acceptors (Lipinski definition) is 4. The molecular formula is C11H15N3OS. The third kappa shape index (κ3) is 1.75. The van der Waals surface area contributed by atoms with Crippen LogP contribution in [0.5, 0.6) is 0 Å². The van der Waals surface area contributed by atoms with Gasteiger partial charge < -0.3 is 10.0 Å². The number of aromatic nitrogens is 2. The average molecular weight is 237 g/mol. The summed E-state index contributed by atoms with van der Waals surface area (Å²) in [5.41, 5.74) is 1.34. The van der Waals surface area contributed by atoms with Crippen LogP contribution >= 0.6 is 11.3 Å². The number of hydrogen-bond donors (Lipinski definition) is 1. The zero-order valence-corrected chi connectivity index (χ0v) is 9.86. The van der Waals surface area contributed by atoms with E-state index in [0.717, 1.165) is 31.0 Å². The van der Waals surface area contributed by atoms with Crippen molar-refractivity contribution in [3.8, 4) is 0 Å². The number of fused-ring (bicyclic) bond motifs is 1. The summed E-state index contributed by atoms with van der Waals surface area (Å²) in [7, 11) is 0. The minimum absolute atomic E-state index is 0.334. The number of rotatable bonds is 4. The maximum Gasteiger partial charge on any atom is 0.193 e. The molecule has 0 atom stereocenters. The number of nitrogens with zero attached hydrogens (tertiary/aromatic N) is 3.